The zero-order valence-electron chi connectivity index (χ0n) is 11.6. The molecule has 0 amide bonds. The molecule has 0 unspecified atom stereocenters. The summed E-state index contributed by atoms with van der Waals surface area (Å²) >= 11 is 5.41. The summed E-state index contributed by atoms with van der Waals surface area (Å²) in [7, 11) is 1.91. The number of Topliss-reactive ketones (excluding diaryl/α,β-unsaturated/α-hetero) is 1. The fraction of sp³-hybridized carbons (Fsp3) is 0.714. The van der Waals surface area contributed by atoms with E-state index in [9.17, 15) is 4.79 Å². The summed E-state index contributed by atoms with van der Waals surface area (Å²) in [6.45, 7) is 2.08. The van der Waals surface area contributed by atoms with Gasteiger partial charge in [0.2, 0.25) is 0 Å². The van der Waals surface area contributed by atoms with Crippen LogP contribution in [0, 0.1) is 0 Å². The van der Waals surface area contributed by atoms with Crippen molar-refractivity contribution in [3.05, 3.63) is 15.9 Å². The van der Waals surface area contributed by atoms with Crippen LogP contribution in [0.1, 0.15) is 44.0 Å². The molecule has 19 heavy (non-hydrogen) atoms. The lowest BCUT2D eigenvalue weighted by atomic mass is 10.2. The van der Waals surface area contributed by atoms with Crippen LogP contribution in [0.25, 0.3) is 0 Å². The molecule has 0 bridgehead atoms. The van der Waals surface area contributed by atoms with Crippen molar-refractivity contribution in [3.63, 3.8) is 0 Å². The van der Waals surface area contributed by atoms with Gasteiger partial charge in [-0.05, 0) is 35.2 Å². The lowest BCUT2D eigenvalue weighted by Crippen LogP contribution is -2.12. The molecule has 0 aromatic carbocycles. The van der Waals surface area contributed by atoms with Gasteiger partial charge in [0, 0.05) is 12.3 Å². The van der Waals surface area contributed by atoms with E-state index in [1.807, 2.05) is 23.5 Å². The molecule has 0 spiro atoms. The Morgan fingerprint density at radius 3 is 2.74 bits per heavy atom. The lowest BCUT2D eigenvalue weighted by Gasteiger charge is -2.08. The first-order valence-corrected chi connectivity index (χ1v) is 8.79. The number of nitrogens with zero attached hydrogens (tertiary/aromatic N) is 2. The maximum Gasteiger partial charge on any atom is 0.148 e. The van der Waals surface area contributed by atoms with E-state index in [-0.39, 0.29) is 0 Å². The standard InChI is InChI=1S/C14H21BrN2OS/c1-3-12-14(15)13(17(2)16-12)8-10(18)9-19-11-6-4-5-7-11/h11H,3-9H2,1-2H3. The van der Waals surface area contributed by atoms with Crippen molar-refractivity contribution in [2.75, 3.05) is 5.75 Å². The highest BCUT2D eigenvalue weighted by Crippen LogP contribution is 2.30. The third-order valence-corrected chi connectivity index (χ3v) is 6.00. The molecule has 5 heteroatoms. The Morgan fingerprint density at radius 2 is 2.16 bits per heavy atom. The van der Waals surface area contributed by atoms with Gasteiger partial charge in [-0.3, -0.25) is 9.48 Å². The number of thioether (sulfide) groups is 1. The molecule has 2 rings (SSSR count). The average molecular weight is 345 g/mol. The molecule has 1 heterocycles. The van der Waals surface area contributed by atoms with Crippen LogP contribution in [0.15, 0.2) is 4.47 Å². The summed E-state index contributed by atoms with van der Waals surface area (Å²) in [5, 5.41) is 5.14. The SMILES string of the molecule is CCc1nn(C)c(CC(=O)CSC2CCCC2)c1Br. The Balaban J connectivity index is 1.89. The first-order valence-electron chi connectivity index (χ1n) is 6.95. The van der Waals surface area contributed by atoms with Crippen molar-refractivity contribution in [1.82, 2.24) is 9.78 Å². The minimum Gasteiger partial charge on any atom is -0.298 e. The second-order valence-corrected chi connectivity index (χ2v) is 7.20. The highest BCUT2D eigenvalue weighted by atomic mass is 79.9. The van der Waals surface area contributed by atoms with Crippen molar-refractivity contribution in [3.8, 4) is 0 Å². The van der Waals surface area contributed by atoms with Gasteiger partial charge in [0.15, 0.2) is 0 Å². The molecule has 1 aromatic heterocycles. The molecule has 1 aromatic rings. The number of halogens is 1. The zero-order chi connectivity index (χ0) is 13.8. The van der Waals surface area contributed by atoms with Crippen LogP contribution >= 0.6 is 27.7 Å². The van der Waals surface area contributed by atoms with Crippen LogP contribution in [0.2, 0.25) is 0 Å². The summed E-state index contributed by atoms with van der Waals surface area (Å²) in [6, 6.07) is 0. The number of rotatable bonds is 6. The molecule has 0 N–H and O–H groups in total. The molecule has 1 fully saturated rings. The van der Waals surface area contributed by atoms with Crippen molar-refractivity contribution < 1.29 is 4.79 Å². The van der Waals surface area contributed by atoms with E-state index in [2.05, 4.69) is 28.0 Å². The van der Waals surface area contributed by atoms with Crippen LogP contribution in [0.5, 0.6) is 0 Å². The molecule has 1 aliphatic carbocycles. The van der Waals surface area contributed by atoms with Crippen LogP contribution in [0.3, 0.4) is 0 Å². The number of aromatic nitrogens is 2. The Kier molecular flexibility index (Phi) is 5.51. The second kappa shape index (κ2) is 6.93. The molecular weight excluding hydrogens is 324 g/mol. The highest BCUT2D eigenvalue weighted by molar-refractivity contribution is 9.10. The topological polar surface area (TPSA) is 34.9 Å². The zero-order valence-corrected chi connectivity index (χ0v) is 14.0. The van der Waals surface area contributed by atoms with Crippen molar-refractivity contribution >= 4 is 33.5 Å². The molecule has 0 aliphatic heterocycles. The first-order chi connectivity index (χ1) is 9.11. The van der Waals surface area contributed by atoms with E-state index < -0.39 is 0 Å². The third-order valence-electron chi connectivity index (χ3n) is 3.65. The summed E-state index contributed by atoms with van der Waals surface area (Å²) in [4.78, 5) is 12.1. The Bertz CT molecular complexity index is 453. The minimum atomic E-state index is 0.309. The van der Waals surface area contributed by atoms with Gasteiger partial charge in [-0.25, -0.2) is 0 Å². The van der Waals surface area contributed by atoms with E-state index in [0.717, 1.165) is 22.3 Å². The maximum atomic E-state index is 12.1. The van der Waals surface area contributed by atoms with Gasteiger partial charge in [0.1, 0.15) is 5.78 Å². The van der Waals surface area contributed by atoms with Crippen LogP contribution in [-0.4, -0.2) is 26.6 Å². The Labute approximate surface area is 127 Å². The minimum absolute atomic E-state index is 0.309. The van der Waals surface area contributed by atoms with E-state index in [1.165, 1.54) is 25.7 Å². The molecule has 1 aliphatic rings. The predicted octanol–water partition coefficient (Wildman–Crippen LogP) is 3.53. The monoisotopic (exact) mass is 344 g/mol. The van der Waals surface area contributed by atoms with Crippen LogP contribution in [0.4, 0.5) is 0 Å². The fourth-order valence-corrected chi connectivity index (χ4v) is 4.46. The average Bonchev–Trinajstić information content (AvgIpc) is 2.99. The maximum absolute atomic E-state index is 12.1. The van der Waals surface area contributed by atoms with E-state index in [0.29, 0.717) is 23.2 Å². The summed E-state index contributed by atoms with van der Waals surface area (Å²) in [5.74, 6) is 0.951. The predicted molar refractivity (Wildman–Crippen MR) is 83.7 cm³/mol. The van der Waals surface area contributed by atoms with Gasteiger partial charge < -0.3 is 0 Å². The lowest BCUT2D eigenvalue weighted by molar-refractivity contribution is -0.116. The number of carbonyl (C=O) groups excluding carboxylic acids is 1. The van der Waals surface area contributed by atoms with Crippen molar-refractivity contribution in [2.45, 2.75) is 50.7 Å². The van der Waals surface area contributed by atoms with Crippen molar-refractivity contribution in [2.24, 2.45) is 7.05 Å². The number of hydrogen-bond donors (Lipinski definition) is 0. The molecular formula is C14H21BrN2OS. The van der Waals surface area contributed by atoms with Gasteiger partial charge in [0.05, 0.1) is 28.0 Å². The number of carbonyl (C=O) groups is 1. The van der Waals surface area contributed by atoms with Gasteiger partial charge in [-0.2, -0.15) is 16.9 Å². The van der Waals surface area contributed by atoms with E-state index in [4.69, 9.17) is 0 Å². The number of ketones is 1. The van der Waals surface area contributed by atoms with Gasteiger partial charge in [0.25, 0.3) is 0 Å². The number of aryl methyl sites for hydroxylation is 2. The Morgan fingerprint density at radius 1 is 1.47 bits per heavy atom. The van der Waals surface area contributed by atoms with Gasteiger partial charge in [-0.15, -0.1) is 0 Å². The first kappa shape index (κ1) is 15.1. The molecule has 106 valence electrons. The van der Waals surface area contributed by atoms with Crippen molar-refractivity contribution in [1.29, 1.82) is 0 Å². The summed E-state index contributed by atoms with van der Waals surface area (Å²) in [5.41, 5.74) is 2.04. The number of hydrogen-bond acceptors (Lipinski definition) is 3. The quantitative estimate of drug-likeness (QED) is 0.791. The summed E-state index contributed by atoms with van der Waals surface area (Å²) in [6.07, 6.45) is 6.61. The normalized spacial score (nSPS) is 16.2. The molecule has 0 saturated heterocycles. The molecule has 3 nitrogen and oxygen atoms in total. The van der Waals surface area contributed by atoms with Gasteiger partial charge in [-0.1, -0.05) is 19.8 Å². The molecule has 0 radical (unpaired) electrons. The fourth-order valence-electron chi connectivity index (χ4n) is 2.52. The van der Waals surface area contributed by atoms with E-state index in [1.54, 1.807) is 0 Å². The molecule has 0 atom stereocenters. The highest BCUT2D eigenvalue weighted by Gasteiger charge is 2.19. The summed E-state index contributed by atoms with van der Waals surface area (Å²) < 4.78 is 2.85. The second-order valence-electron chi connectivity index (χ2n) is 5.12. The van der Waals surface area contributed by atoms with Crippen LogP contribution in [-0.2, 0) is 24.7 Å². The smallest absolute Gasteiger partial charge is 0.148 e. The molecule has 1 saturated carbocycles. The Hall–Kier alpha value is -0.290. The largest absolute Gasteiger partial charge is 0.298 e. The van der Waals surface area contributed by atoms with Crippen LogP contribution < -0.4 is 0 Å². The third kappa shape index (κ3) is 3.85. The van der Waals surface area contributed by atoms with E-state index >= 15 is 0 Å². The van der Waals surface area contributed by atoms with Gasteiger partial charge >= 0.3 is 0 Å².